The molecular weight excluding hydrogens is 374 g/mol. The van der Waals surface area contributed by atoms with Crippen LogP contribution in [-0.2, 0) is 0 Å². The van der Waals surface area contributed by atoms with Crippen molar-refractivity contribution in [3.05, 3.63) is 63.6 Å². The molecule has 1 aliphatic rings. The number of rotatable bonds is 3. The lowest BCUT2D eigenvalue weighted by molar-refractivity contribution is 0.0673. The number of carbonyl (C=O) groups excluding carboxylic acids is 3. The lowest BCUT2D eigenvalue weighted by atomic mass is 10.1. The third-order valence-corrected chi connectivity index (χ3v) is 4.04. The van der Waals surface area contributed by atoms with Gasteiger partial charge in [-0.15, -0.1) is 0 Å². The second kappa shape index (κ2) is 6.26. The molecule has 0 radical (unpaired) electrons. The van der Waals surface area contributed by atoms with E-state index < -0.39 is 11.8 Å². The van der Waals surface area contributed by atoms with Crippen molar-refractivity contribution in [2.75, 3.05) is 11.9 Å². The standard InChI is InChI=1S/C17H10BrN3O3/c18-11-3-1-2-10(8-11)15(22)20-12-4-5-13-14(9-12)17(24)21(7-6-19)16(13)23/h1-5,8-9H,7H2,(H,20,22). The maximum atomic E-state index is 12.2. The molecule has 0 bridgehead atoms. The van der Waals surface area contributed by atoms with Crippen LogP contribution in [0.2, 0.25) is 0 Å². The molecule has 0 atom stereocenters. The second-order valence-electron chi connectivity index (χ2n) is 5.08. The summed E-state index contributed by atoms with van der Waals surface area (Å²) in [7, 11) is 0. The molecule has 1 heterocycles. The number of nitrogens with one attached hydrogen (secondary N) is 1. The number of hydrogen-bond donors (Lipinski definition) is 1. The van der Waals surface area contributed by atoms with Crippen molar-refractivity contribution in [3.8, 4) is 6.07 Å². The number of imide groups is 1. The molecule has 6 nitrogen and oxygen atoms in total. The summed E-state index contributed by atoms with van der Waals surface area (Å²) in [6, 6.07) is 13.1. The number of anilines is 1. The summed E-state index contributed by atoms with van der Waals surface area (Å²) >= 11 is 3.30. The molecule has 0 saturated carbocycles. The molecule has 2 aromatic rings. The molecule has 0 fully saturated rings. The van der Waals surface area contributed by atoms with Crippen LogP contribution in [0.3, 0.4) is 0 Å². The number of fused-ring (bicyclic) bond motifs is 1. The monoisotopic (exact) mass is 383 g/mol. The van der Waals surface area contributed by atoms with Gasteiger partial charge in [-0.2, -0.15) is 5.26 Å². The minimum absolute atomic E-state index is 0.183. The summed E-state index contributed by atoms with van der Waals surface area (Å²) in [6.45, 7) is -0.300. The van der Waals surface area contributed by atoms with Crippen molar-refractivity contribution in [1.29, 1.82) is 5.26 Å². The first-order chi connectivity index (χ1) is 11.5. The minimum Gasteiger partial charge on any atom is -0.322 e. The number of nitriles is 1. The van der Waals surface area contributed by atoms with Crippen LogP contribution in [0.1, 0.15) is 31.1 Å². The van der Waals surface area contributed by atoms with Crippen molar-refractivity contribution in [1.82, 2.24) is 4.90 Å². The number of benzene rings is 2. The molecule has 24 heavy (non-hydrogen) atoms. The first-order valence-corrected chi connectivity index (χ1v) is 7.74. The average molecular weight is 384 g/mol. The number of nitrogens with zero attached hydrogens (tertiary/aromatic N) is 2. The van der Waals surface area contributed by atoms with Crippen molar-refractivity contribution in [3.63, 3.8) is 0 Å². The molecule has 2 aromatic carbocycles. The third kappa shape index (κ3) is 2.79. The topological polar surface area (TPSA) is 90.3 Å². The molecule has 1 aliphatic heterocycles. The highest BCUT2D eigenvalue weighted by atomic mass is 79.9. The lowest BCUT2D eigenvalue weighted by Gasteiger charge is -2.07. The van der Waals surface area contributed by atoms with Gasteiger partial charge in [0.15, 0.2) is 0 Å². The molecule has 7 heteroatoms. The van der Waals surface area contributed by atoms with Gasteiger partial charge in [-0.05, 0) is 36.4 Å². The Hall–Kier alpha value is -2.98. The van der Waals surface area contributed by atoms with E-state index >= 15 is 0 Å². The quantitative estimate of drug-likeness (QED) is 0.651. The Labute approximate surface area is 145 Å². The normalized spacial score (nSPS) is 12.8. The van der Waals surface area contributed by atoms with Crippen LogP contribution in [0.5, 0.6) is 0 Å². The predicted molar refractivity (Wildman–Crippen MR) is 89.5 cm³/mol. The van der Waals surface area contributed by atoms with E-state index in [1.54, 1.807) is 36.4 Å². The van der Waals surface area contributed by atoms with E-state index in [1.165, 1.54) is 12.1 Å². The molecule has 0 aliphatic carbocycles. The molecule has 3 rings (SSSR count). The highest BCUT2D eigenvalue weighted by molar-refractivity contribution is 9.10. The average Bonchev–Trinajstić information content (AvgIpc) is 2.80. The molecule has 0 aromatic heterocycles. The van der Waals surface area contributed by atoms with Crippen molar-refractivity contribution in [2.24, 2.45) is 0 Å². The van der Waals surface area contributed by atoms with Gasteiger partial charge in [0.1, 0.15) is 6.54 Å². The Balaban J connectivity index is 1.86. The molecular formula is C17H10BrN3O3. The zero-order valence-corrected chi connectivity index (χ0v) is 13.8. The summed E-state index contributed by atoms with van der Waals surface area (Å²) in [6.07, 6.45) is 0. The van der Waals surface area contributed by atoms with Gasteiger partial charge < -0.3 is 5.32 Å². The van der Waals surface area contributed by atoms with Gasteiger partial charge in [-0.1, -0.05) is 22.0 Å². The zero-order chi connectivity index (χ0) is 17.3. The van der Waals surface area contributed by atoms with E-state index in [1.807, 2.05) is 0 Å². The number of carbonyl (C=O) groups is 3. The summed E-state index contributed by atoms with van der Waals surface area (Å²) in [4.78, 5) is 37.4. The second-order valence-corrected chi connectivity index (χ2v) is 6.00. The number of halogens is 1. The fourth-order valence-electron chi connectivity index (χ4n) is 2.42. The van der Waals surface area contributed by atoms with E-state index in [0.29, 0.717) is 11.3 Å². The van der Waals surface area contributed by atoms with E-state index in [-0.39, 0.29) is 23.6 Å². The Morgan fingerprint density at radius 3 is 2.58 bits per heavy atom. The molecule has 0 unspecified atom stereocenters. The van der Waals surface area contributed by atoms with Crippen LogP contribution in [0.25, 0.3) is 0 Å². The van der Waals surface area contributed by atoms with Crippen LogP contribution < -0.4 is 5.32 Å². The van der Waals surface area contributed by atoms with Crippen LogP contribution >= 0.6 is 15.9 Å². The van der Waals surface area contributed by atoms with Crippen LogP contribution in [-0.4, -0.2) is 29.2 Å². The van der Waals surface area contributed by atoms with Gasteiger partial charge >= 0.3 is 0 Å². The van der Waals surface area contributed by atoms with Gasteiger partial charge in [-0.25, -0.2) is 0 Å². The van der Waals surface area contributed by atoms with Gasteiger partial charge in [0.25, 0.3) is 17.7 Å². The van der Waals surface area contributed by atoms with Crippen LogP contribution in [0, 0.1) is 11.3 Å². The highest BCUT2D eigenvalue weighted by Gasteiger charge is 2.35. The molecule has 0 spiro atoms. The zero-order valence-electron chi connectivity index (χ0n) is 12.2. The van der Waals surface area contributed by atoms with Gasteiger partial charge in [-0.3, -0.25) is 19.3 Å². The first-order valence-electron chi connectivity index (χ1n) is 6.95. The van der Waals surface area contributed by atoms with Crippen LogP contribution in [0.15, 0.2) is 46.9 Å². The fraction of sp³-hybridized carbons (Fsp3) is 0.0588. The molecule has 3 amide bonds. The van der Waals surface area contributed by atoms with E-state index in [0.717, 1.165) is 9.37 Å². The lowest BCUT2D eigenvalue weighted by Crippen LogP contribution is -2.29. The van der Waals surface area contributed by atoms with Gasteiger partial charge in [0.05, 0.1) is 17.2 Å². The maximum absolute atomic E-state index is 12.2. The molecule has 0 saturated heterocycles. The largest absolute Gasteiger partial charge is 0.322 e. The Morgan fingerprint density at radius 1 is 1.12 bits per heavy atom. The minimum atomic E-state index is -0.532. The smallest absolute Gasteiger partial charge is 0.262 e. The van der Waals surface area contributed by atoms with Crippen molar-refractivity contribution < 1.29 is 14.4 Å². The van der Waals surface area contributed by atoms with Crippen LogP contribution in [0.4, 0.5) is 5.69 Å². The molecule has 118 valence electrons. The maximum Gasteiger partial charge on any atom is 0.262 e. The van der Waals surface area contributed by atoms with Gasteiger partial charge in [0.2, 0.25) is 0 Å². The Morgan fingerprint density at radius 2 is 1.88 bits per heavy atom. The van der Waals surface area contributed by atoms with Crippen molar-refractivity contribution in [2.45, 2.75) is 0 Å². The predicted octanol–water partition coefficient (Wildman–Crippen LogP) is 2.82. The number of hydrogen-bond acceptors (Lipinski definition) is 4. The van der Waals surface area contributed by atoms with Gasteiger partial charge in [0, 0.05) is 15.7 Å². The van der Waals surface area contributed by atoms with E-state index in [4.69, 9.17) is 5.26 Å². The van der Waals surface area contributed by atoms with E-state index in [2.05, 4.69) is 21.2 Å². The first kappa shape index (κ1) is 15.9. The summed E-state index contributed by atoms with van der Waals surface area (Å²) in [5.74, 6) is -1.36. The Bertz CT molecular complexity index is 918. The van der Waals surface area contributed by atoms with E-state index in [9.17, 15) is 14.4 Å². The molecule has 1 N–H and O–H groups in total. The summed E-state index contributed by atoms with van der Waals surface area (Å²) in [5.41, 5.74) is 1.27. The third-order valence-electron chi connectivity index (χ3n) is 3.54. The summed E-state index contributed by atoms with van der Waals surface area (Å²) in [5, 5.41) is 11.4. The number of amides is 3. The fourth-order valence-corrected chi connectivity index (χ4v) is 2.82. The van der Waals surface area contributed by atoms with Crippen molar-refractivity contribution >= 4 is 39.3 Å². The Kier molecular flexibility index (Phi) is 4.15. The summed E-state index contributed by atoms with van der Waals surface area (Å²) < 4.78 is 0.775. The highest BCUT2D eigenvalue weighted by Crippen LogP contribution is 2.26. The SMILES string of the molecule is N#CCN1C(=O)c2ccc(NC(=O)c3cccc(Br)c3)cc2C1=O.